The molecule has 1 N–H and O–H groups in total. The largest absolute Gasteiger partial charge is 0.490 e. The molecule has 10 heteroatoms. The smallest absolute Gasteiger partial charge is 0.312 e. The molecule has 0 aliphatic carbocycles. The van der Waals surface area contributed by atoms with Crippen LogP contribution in [0.2, 0.25) is 0 Å². The van der Waals surface area contributed by atoms with Gasteiger partial charge < -0.3 is 9.30 Å². The van der Waals surface area contributed by atoms with E-state index in [0.717, 1.165) is 17.3 Å². The number of benzene rings is 2. The molecule has 28 heavy (non-hydrogen) atoms. The van der Waals surface area contributed by atoms with E-state index in [1.165, 1.54) is 19.2 Å². The van der Waals surface area contributed by atoms with Crippen molar-refractivity contribution in [3.05, 3.63) is 76.9 Å². The normalized spacial score (nSPS) is 12.5. The Hall–Kier alpha value is -3.24. The second kappa shape index (κ2) is 7.79. The van der Waals surface area contributed by atoms with E-state index in [4.69, 9.17) is 4.74 Å². The molecule has 0 amide bonds. The van der Waals surface area contributed by atoms with Gasteiger partial charge in [0, 0.05) is 30.2 Å². The lowest BCUT2D eigenvalue weighted by atomic mass is 10.1. The van der Waals surface area contributed by atoms with Crippen molar-refractivity contribution in [1.82, 2.24) is 14.3 Å². The average molecular weight is 402 g/mol. The Balaban J connectivity index is 1.82. The Morgan fingerprint density at radius 2 is 1.93 bits per heavy atom. The fourth-order valence-electron chi connectivity index (χ4n) is 2.70. The molecule has 0 radical (unpaired) electrons. The predicted octanol–water partition coefficient (Wildman–Crippen LogP) is 2.83. The van der Waals surface area contributed by atoms with Gasteiger partial charge in [0.15, 0.2) is 5.75 Å². The van der Waals surface area contributed by atoms with Crippen molar-refractivity contribution < 1.29 is 18.1 Å². The van der Waals surface area contributed by atoms with E-state index in [0.29, 0.717) is 0 Å². The van der Waals surface area contributed by atoms with Gasteiger partial charge in [-0.25, -0.2) is 18.1 Å². The number of rotatable bonds is 7. The van der Waals surface area contributed by atoms with Gasteiger partial charge in [0.25, 0.3) is 0 Å². The Kier molecular flexibility index (Phi) is 5.43. The van der Waals surface area contributed by atoms with Gasteiger partial charge in [0.2, 0.25) is 10.0 Å². The first-order chi connectivity index (χ1) is 13.3. The van der Waals surface area contributed by atoms with Crippen LogP contribution < -0.4 is 9.46 Å². The van der Waals surface area contributed by atoms with E-state index < -0.39 is 26.7 Å². The van der Waals surface area contributed by atoms with Crippen LogP contribution in [0, 0.1) is 10.1 Å². The highest BCUT2D eigenvalue weighted by Gasteiger charge is 2.23. The minimum absolute atomic E-state index is 0.00732. The molecule has 1 unspecified atom stereocenters. The summed E-state index contributed by atoms with van der Waals surface area (Å²) >= 11 is 0. The molecule has 1 aromatic heterocycles. The van der Waals surface area contributed by atoms with E-state index in [2.05, 4.69) is 9.71 Å². The summed E-state index contributed by atoms with van der Waals surface area (Å²) in [5.41, 5.74) is 1.22. The summed E-state index contributed by atoms with van der Waals surface area (Å²) < 4.78 is 34.6. The molecule has 3 rings (SSSR count). The topological polar surface area (TPSA) is 116 Å². The summed E-state index contributed by atoms with van der Waals surface area (Å²) in [6.45, 7) is 1.70. The average Bonchev–Trinajstić information content (AvgIpc) is 3.22. The highest BCUT2D eigenvalue weighted by atomic mass is 32.2. The second-order valence-electron chi connectivity index (χ2n) is 6.00. The lowest BCUT2D eigenvalue weighted by Gasteiger charge is -2.15. The maximum Gasteiger partial charge on any atom is 0.312 e. The van der Waals surface area contributed by atoms with Gasteiger partial charge >= 0.3 is 5.69 Å². The highest BCUT2D eigenvalue weighted by Crippen LogP contribution is 2.30. The summed E-state index contributed by atoms with van der Waals surface area (Å²) in [7, 11) is -2.69. The number of hydrogen-bond donors (Lipinski definition) is 1. The van der Waals surface area contributed by atoms with Gasteiger partial charge in [-0.1, -0.05) is 12.1 Å². The molecule has 0 aliphatic heterocycles. The molecule has 9 nitrogen and oxygen atoms in total. The first kappa shape index (κ1) is 19.5. The summed E-state index contributed by atoms with van der Waals surface area (Å²) in [5, 5.41) is 11.1. The van der Waals surface area contributed by atoms with Crippen molar-refractivity contribution in [1.29, 1.82) is 0 Å². The van der Waals surface area contributed by atoms with Crippen molar-refractivity contribution in [2.75, 3.05) is 7.11 Å². The SMILES string of the molecule is COc1ccc(S(=O)(=O)NC(C)c2ccc(-n3ccnc3)cc2)cc1[N+](=O)[O-]. The van der Waals surface area contributed by atoms with Gasteiger partial charge in [0.1, 0.15) is 0 Å². The lowest BCUT2D eigenvalue weighted by Crippen LogP contribution is -2.27. The zero-order valence-electron chi connectivity index (χ0n) is 15.1. The number of nitro benzene ring substituents is 1. The summed E-state index contributed by atoms with van der Waals surface area (Å²) in [4.78, 5) is 14.2. The van der Waals surface area contributed by atoms with Gasteiger partial charge in [-0.15, -0.1) is 0 Å². The zero-order valence-corrected chi connectivity index (χ0v) is 16.0. The Labute approximate surface area is 161 Å². The standard InChI is InChI=1S/C18H18N4O5S/c1-13(14-3-5-15(6-4-14)21-10-9-19-12-21)20-28(25,26)16-7-8-18(27-2)17(11-16)22(23)24/h3-13,20H,1-2H3. The lowest BCUT2D eigenvalue weighted by molar-refractivity contribution is -0.386. The summed E-state index contributed by atoms with van der Waals surface area (Å²) in [6, 6.07) is 10.3. The molecule has 0 aliphatic rings. The predicted molar refractivity (Wildman–Crippen MR) is 102 cm³/mol. The van der Waals surface area contributed by atoms with E-state index >= 15 is 0 Å². The molecule has 0 saturated carbocycles. The number of nitro groups is 1. The molecule has 2 aromatic carbocycles. The Bertz CT molecular complexity index is 1080. The van der Waals surface area contributed by atoms with Crippen molar-refractivity contribution in [3.8, 4) is 11.4 Å². The van der Waals surface area contributed by atoms with Crippen LogP contribution in [0.25, 0.3) is 5.69 Å². The van der Waals surface area contributed by atoms with Crippen molar-refractivity contribution in [2.45, 2.75) is 17.9 Å². The van der Waals surface area contributed by atoms with Crippen LogP contribution in [0.1, 0.15) is 18.5 Å². The molecule has 0 spiro atoms. The third-order valence-corrected chi connectivity index (χ3v) is 5.72. The molecular formula is C18H18N4O5S. The third-order valence-electron chi connectivity index (χ3n) is 4.18. The molecule has 1 heterocycles. The molecule has 1 atom stereocenters. The Morgan fingerprint density at radius 1 is 1.21 bits per heavy atom. The first-order valence-electron chi connectivity index (χ1n) is 8.25. The molecule has 0 saturated heterocycles. The molecular weight excluding hydrogens is 384 g/mol. The number of sulfonamides is 1. The number of imidazole rings is 1. The second-order valence-corrected chi connectivity index (χ2v) is 7.71. The number of nitrogens with one attached hydrogen (secondary N) is 1. The fraction of sp³-hybridized carbons (Fsp3) is 0.167. The van der Waals surface area contributed by atoms with Gasteiger partial charge in [0.05, 0.1) is 23.3 Å². The number of ether oxygens (including phenoxy) is 1. The van der Waals surface area contributed by atoms with E-state index in [1.807, 2.05) is 16.7 Å². The van der Waals surface area contributed by atoms with Crippen LogP contribution in [-0.2, 0) is 10.0 Å². The van der Waals surface area contributed by atoms with E-state index in [1.54, 1.807) is 37.8 Å². The van der Waals surface area contributed by atoms with Gasteiger partial charge in [-0.05, 0) is 36.8 Å². The number of hydrogen-bond acceptors (Lipinski definition) is 6. The highest BCUT2D eigenvalue weighted by molar-refractivity contribution is 7.89. The fourth-order valence-corrected chi connectivity index (χ4v) is 3.95. The zero-order chi connectivity index (χ0) is 20.3. The maximum absolute atomic E-state index is 12.7. The quantitative estimate of drug-likeness (QED) is 0.480. The number of nitrogens with zero attached hydrogens (tertiary/aromatic N) is 3. The van der Waals surface area contributed by atoms with Crippen LogP contribution in [0.3, 0.4) is 0 Å². The Morgan fingerprint density at radius 3 is 2.50 bits per heavy atom. The minimum Gasteiger partial charge on any atom is -0.490 e. The van der Waals surface area contributed by atoms with E-state index in [9.17, 15) is 18.5 Å². The number of methoxy groups -OCH3 is 1. The van der Waals surface area contributed by atoms with Crippen LogP contribution in [0.15, 0.2) is 66.1 Å². The third kappa shape index (κ3) is 4.02. The maximum atomic E-state index is 12.7. The van der Waals surface area contributed by atoms with Crippen LogP contribution in [-0.4, -0.2) is 30.0 Å². The van der Waals surface area contributed by atoms with Crippen LogP contribution >= 0.6 is 0 Å². The molecule has 0 fully saturated rings. The number of aromatic nitrogens is 2. The summed E-state index contributed by atoms with van der Waals surface area (Å²) in [5.74, 6) is -0.00732. The van der Waals surface area contributed by atoms with Crippen molar-refractivity contribution in [3.63, 3.8) is 0 Å². The van der Waals surface area contributed by atoms with Crippen molar-refractivity contribution in [2.24, 2.45) is 0 Å². The summed E-state index contributed by atoms with van der Waals surface area (Å²) in [6.07, 6.45) is 5.13. The molecule has 3 aromatic rings. The van der Waals surface area contributed by atoms with Crippen molar-refractivity contribution >= 4 is 15.7 Å². The van der Waals surface area contributed by atoms with Gasteiger partial charge in [-0.2, -0.15) is 0 Å². The molecule has 0 bridgehead atoms. The molecule has 146 valence electrons. The van der Waals surface area contributed by atoms with Crippen LogP contribution in [0.5, 0.6) is 5.75 Å². The van der Waals surface area contributed by atoms with E-state index in [-0.39, 0.29) is 10.6 Å². The van der Waals surface area contributed by atoms with Gasteiger partial charge in [-0.3, -0.25) is 10.1 Å². The van der Waals surface area contributed by atoms with Crippen LogP contribution in [0.4, 0.5) is 5.69 Å². The monoisotopic (exact) mass is 402 g/mol. The first-order valence-corrected chi connectivity index (χ1v) is 9.73. The minimum atomic E-state index is -3.97.